The van der Waals surface area contributed by atoms with Gasteiger partial charge in [-0.3, -0.25) is 4.90 Å². The van der Waals surface area contributed by atoms with Crippen LogP contribution in [-0.4, -0.2) is 71.9 Å². The quantitative estimate of drug-likeness (QED) is 0.410. The van der Waals surface area contributed by atoms with Crippen LogP contribution in [-0.2, 0) is 22.4 Å². The van der Waals surface area contributed by atoms with Crippen LogP contribution in [0.1, 0.15) is 54.4 Å². The summed E-state index contributed by atoms with van der Waals surface area (Å²) in [5.74, 6) is -0.314. The number of para-hydroxylation sites is 1. The highest BCUT2D eigenvalue weighted by Gasteiger charge is 2.25. The van der Waals surface area contributed by atoms with Crippen molar-refractivity contribution < 1.29 is 19.1 Å². The van der Waals surface area contributed by atoms with Gasteiger partial charge in [0.05, 0.1) is 12.7 Å². The van der Waals surface area contributed by atoms with Crippen molar-refractivity contribution in [3.8, 4) is 0 Å². The van der Waals surface area contributed by atoms with Gasteiger partial charge in [0.25, 0.3) is 0 Å². The number of methoxy groups -OCH3 is 1. The van der Waals surface area contributed by atoms with E-state index in [1.165, 1.54) is 34.8 Å². The van der Waals surface area contributed by atoms with Gasteiger partial charge in [-0.2, -0.15) is 0 Å². The van der Waals surface area contributed by atoms with Crippen LogP contribution in [0.2, 0.25) is 0 Å². The molecule has 0 atom stereocenters. The molecule has 7 heteroatoms. The van der Waals surface area contributed by atoms with Crippen LogP contribution in [0.3, 0.4) is 0 Å². The van der Waals surface area contributed by atoms with Crippen molar-refractivity contribution in [2.75, 3.05) is 39.8 Å². The standard InChI is InChI=1S/C30H39N3O4/c1-22-26(21-23-11-13-24(14-12-23)28(34)36-5)25-9-6-7-10-27(25)33(22)16-8-15-31-17-19-32(20-18-31)29(35)37-30(2,3)4/h6-7,9-14H,8,15-21H2,1-5H3. The van der Waals surface area contributed by atoms with Gasteiger partial charge in [0.1, 0.15) is 5.60 Å². The number of nitrogens with zero attached hydrogens (tertiary/aromatic N) is 3. The number of piperazine rings is 1. The summed E-state index contributed by atoms with van der Waals surface area (Å²) in [7, 11) is 1.40. The summed E-state index contributed by atoms with van der Waals surface area (Å²) in [6.07, 6.45) is 1.64. The molecule has 1 aliphatic heterocycles. The van der Waals surface area contributed by atoms with Gasteiger partial charge >= 0.3 is 12.1 Å². The monoisotopic (exact) mass is 505 g/mol. The molecule has 1 aromatic heterocycles. The molecule has 1 fully saturated rings. The highest BCUT2D eigenvalue weighted by Crippen LogP contribution is 2.28. The Balaban J connectivity index is 1.38. The predicted molar refractivity (Wildman–Crippen MR) is 146 cm³/mol. The first-order chi connectivity index (χ1) is 17.7. The van der Waals surface area contributed by atoms with Gasteiger partial charge in [0.15, 0.2) is 0 Å². The van der Waals surface area contributed by atoms with E-state index < -0.39 is 5.60 Å². The highest BCUT2D eigenvalue weighted by molar-refractivity contribution is 5.89. The minimum absolute atomic E-state index is 0.214. The van der Waals surface area contributed by atoms with E-state index in [1.807, 2.05) is 49.9 Å². The van der Waals surface area contributed by atoms with Crippen LogP contribution in [0.4, 0.5) is 4.79 Å². The number of aromatic nitrogens is 1. The lowest BCUT2D eigenvalue weighted by Gasteiger charge is -2.35. The molecule has 2 heterocycles. The Morgan fingerprint density at radius 1 is 0.919 bits per heavy atom. The molecule has 0 bridgehead atoms. The minimum Gasteiger partial charge on any atom is -0.465 e. The van der Waals surface area contributed by atoms with E-state index in [2.05, 4.69) is 40.7 Å². The van der Waals surface area contributed by atoms with Crippen LogP contribution in [0.5, 0.6) is 0 Å². The van der Waals surface area contributed by atoms with Crippen LogP contribution in [0.25, 0.3) is 10.9 Å². The topological polar surface area (TPSA) is 64.0 Å². The molecule has 2 aromatic carbocycles. The first-order valence-corrected chi connectivity index (χ1v) is 13.1. The lowest BCUT2D eigenvalue weighted by molar-refractivity contribution is 0.0143. The van der Waals surface area contributed by atoms with E-state index in [-0.39, 0.29) is 12.1 Å². The predicted octanol–water partition coefficient (Wildman–Crippen LogP) is 5.27. The van der Waals surface area contributed by atoms with Crippen molar-refractivity contribution in [3.63, 3.8) is 0 Å². The van der Waals surface area contributed by atoms with E-state index >= 15 is 0 Å². The summed E-state index contributed by atoms with van der Waals surface area (Å²) in [6.45, 7) is 13.0. The van der Waals surface area contributed by atoms with Crippen LogP contribution < -0.4 is 0 Å². The number of rotatable bonds is 7. The number of ether oxygens (including phenoxy) is 2. The fourth-order valence-corrected chi connectivity index (χ4v) is 5.03. The van der Waals surface area contributed by atoms with E-state index in [0.29, 0.717) is 18.7 Å². The minimum atomic E-state index is -0.461. The van der Waals surface area contributed by atoms with Crippen molar-refractivity contribution in [3.05, 3.63) is 70.9 Å². The van der Waals surface area contributed by atoms with Gasteiger partial charge in [0, 0.05) is 49.3 Å². The first kappa shape index (κ1) is 26.7. The maximum Gasteiger partial charge on any atom is 0.410 e. The SMILES string of the molecule is COC(=O)c1ccc(Cc2c(C)n(CCCN3CCN(C(=O)OC(C)(C)C)CC3)c3ccccc23)cc1. The van der Waals surface area contributed by atoms with E-state index in [1.54, 1.807) is 0 Å². The molecule has 37 heavy (non-hydrogen) atoms. The van der Waals surface area contributed by atoms with Crippen LogP contribution in [0.15, 0.2) is 48.5 Å². The smallest absolute Gasteiger partial charge is 0.410 e. The van der Waals surface area contributed by atoms with E-state index in [4.69, 9.17) is 9.47 Å². The molecular weight excluding hydrogens is 466 g/mol. The zero-order valence-corrected chi connectivity index (χ0v) is 22.8. The average Bonchev–Trinajstić information content (AvgIpc) is 3.14. The number of hydrogen-bond donors (Lipinski definition) is 0. The average molecular weight is 506 g/mol. The van der Waals surface area contributed by atoms with Gasteiger partial charge in [-0.05, 0) is 76.4 Å². The Hall–Kier alpha value is -3.32. The molecule has 0 radical (unpaired) electrons. The summed E-state index contributed by atoms with van der Waals surface area (Å²) in [5.41, 5.74) is 5.15. The van der Waals surface area contributed by atoms with Crippen molar-refractivity contribution in [2.24, 2.45) is 0 Å². The first-order valence-electron chi connectivity index (χ1n) is 13.1. The van der Waals surface area contributed by atoms with Crippen molar-refractivity contribution in [2.45, 2.75) is 52.7 Å². The second kappa shape index (κ2) is 11.4. The number of hydrogen-bond acceptors (Lipinski definition) is 5. The molecular formula is C30H39N3O4. The molecule has 198 valence electrons. The summed E-state index contributed by atoms with van der Waals surface area (Å²) in [4.78, 5) is 28.4. The van der Waals surface area contributed by atoms with Gasteiger partial charge in [0.2, 0.25) is 0 Å². The second-order valence-corrected chi connectivity index (χ2v) is 10.8. The second-order valence-electron chi connectivity index (χ2n) is 10.8. The Morgan fingerprint density at radius 2 is 1.59 bits per heavy atom. The Morgan fingerprint density at radius 3 is 2.24 bits per heavy atom. The van der Waals surface area contributed by atoms with Crippen LogP contribution >= 0.6 is 0 Å². The largest absolute Gasteiger partial charge is 0.465 e. The molecule has 7 nitrogen and oxygen atoms in total. The molecule has 0 N–H and O–H groups in total. The fraction of sp³-hybridized carbons (Fsp3) is 0.467. The molecule has 1 saturated heterocycles. The summed E-state index contributed by atoms with van der Waals surface area (Å²) in [6, 6.07) is 16.3. The number of carbonyl (C=O) groups is 2. The molecule has 1 aliphatic rings. The van der Waals surface area contributed by atoms with Gasteiger partial charge < -0.3 is 18.9 Å². The van der Waals surface area contributed by atoms with Crippen LogP contribution in [0, 0.1) is 6.92 Å². The van der Waals surface area contributed by atoms with Crippen molar-refractivity contribution in [1.29, 1.82) is 0 Å². The van der Waals surface area contributed by atoms with Crippen molar-refractivity contribution >= 4 is 23.0 Å². The van der Waals surface area contributed by atoms with Crippen molar-refractivity contribution in [1.82, 2.24) is 14.4 Å². The molecule has 0 spiro atoms. The molecule has 4 rings (SSSR count). The molecule has 1 amide bonds. The zero-order chi connectivity index (χ0) is 26.6. The molecule has 0 unspecified atom stereocenters. The van der Waals surface area contributed by atoms with Gasteiger partial charge in [-0.15, -0.1) is 0 Å². The Labute approximate surface area is 219 Å². The molecule has 0 aliphatic carbocycles. The number of esters is 1. The van der Waals surface area contributed by atoms with E-state index in [0.717, 1.165) is 39.0 Å². The number of amides is 1. The third kappa shape index (κ3) is 6.52. The molecule has 3 aromatic rings. The Kier molecular flexibility index (Phi) is 8.22. The number of carbonyl (C=O) groups excluding carboxylic acids is 2. The maximum absolute atomic E-state index is 12.3. The van der Waals surface area contributed by atoms with Gasteiger partial charge in [-0.1, -0.05) is 30.3 Å². The molecule has 0 saturated carbocycles. The third-order valence-electron chi connectivity index (χ3n) is 7.00. The lowest BCUT2D eigenvalue weighted by Crippen LogP contribution is -2.50. The fourth-order valence-electron chi connectivity index (χ4n) is 5.03. The normalized spacial score (nSPS) is 14.7. The highest BCUT2D eigenvalue weighted by atomic mass is 16.6. The number of aryl methyl sites for hydroxylation is 1. The summed E-state index contributed by atoms with van der Waals surface area (Å²) >= 11 is 0. The number of benzene rings is 2. The summed E-state index contributed by atoms with van der Waals surface area (Å²) < 4.78 is 12.8. The Bertz CT molecular complexity index is 1230. The van der Waals surface area contributed by atoms with Gasteiger partial charge in [-0.25, -0.2) is 9.59 Å². The van der Waals surface area contributed by atoms with E-state index in [9.17, 15) is 9.59 Å². The summed E-state index contributed by atoms with van der Waals surface area (Å²) in [5, 5.41) is 1.28. The number of fused-ring (bicyclic) bond motifs is 1. The zero-order valence-electron chi connectivity index (χ0n) is 22.8. The third-order valence-corrected chi connectivity index (χ3v) is 7.00. The maximum atomic E-state index is 12.3. The lowest BCUT2D eigenvalue weighted by atomic mass is 10.0.